The molecule has 9 heteroatoms. The minimum absolute atomic E-state index is 0.136. The molecule has 0 aliphatic heterocycles. The summed E-state index contributed by atoms with van der Waals surface area (Å²) < 4.78 is 8.43. The van der Waals surface area contributed by atoms with Crippen LogP contribution in [0.4, 0.5) is 5.69 Å². The van der Waals surface area contributed by atoms with Gasteiger partial charge in [-0.05, 0) is 38.1 Å². The number of esters is 1. The van der Waals surface area contributed by atoms with Crippen LogP contribution in [-0.4, -0.2) is 37.3 Å². The smallest absolute Gasteiger partial charge is 0.338 e. The van der Waals surface area contributed by atoms with E-state index in [-0.39, 0.29) is 11.2 Å². The van der Waals surface area contributed by atoms with E-state index in [9.17, 15) is 14.4 Å². The maximum absolute atomic E-state index is 13.0. The second-order valence-electron chi connectivity index (χ2n) is 7.49. The Balaban J connectivity index is 1.46. The third-order valence-electron chi connectivity index (χ3n) is 5.35. The van der Waals surface area contributed by atoms with Gasteiger partial charge in [-0.15, -0.1) is 0 Å². The number of para-hydroxylation sites is 1. The highest BCUT2D eigenvalue weighted by Gasteiger charge is 2.23. The van der Waals surface area contributed by atoms with Gasteiger partial charge in [-0.3, -0.25) is 14.3 Å². The predicted molar refractivity (Wildman–Crippen MR) is 123 cm³/mol. The Bertz CT molecular complexity index is 1340. The number of rotatable bonds is 6. The zero-order valence-electron chi connectivity index (χ0n) is 18.4. The van der Waals surface area contributed by atoms with Gasteiger partial charge in [0.2, 0.25) is 0 Å². The molecule has 2 aromatic carbocycles. The lowest BCUT2D eigenvalue weighted by Crippen LogP contribution is -2.32. The molecule has 1 amide bonds. The Morgan fingerprint density at radius 3 is 2.42 bits per heavy atom. The molecular weight excluding hydrogens is 422 g/mol. The number of amides is 1. The highest BCUT2D eigenvalue weighted by Crippen LogP contribution is 2.17. The minimum Gasteiger partial charge on any atom is -0.449 e. The van der Waals surface area contributed by atoms with E-state index in [1.54, 1.807) is 67.4 Å². The van der Waals surface area contributed by atoms with E-state index in [1.165, 1.54) is 11.6 Å². The van der Waals surface area contributed by atoms with E-state index in [0.29, 0.717) is 22.8 Å². The fourth-order valence-electron chi connectivity index (χ4n) is 3.41. The van der Waals surface area contributed by atoms with Gasteiger partial charge in [0.1, 0.15) is 11.5 Å². The largest absolute Gasteiger partial charge is 0.449 e. The molecule has 4 rings (SSSR count). The Hall–Kier alpha value is -4.40. The SMILES string of the molecule is Cc1c(NC(=O)C(C)OC(=O)c2ccc(-c3ncc[nH]3)cc2)c(=O)n(-c2ccccc2)n1C. The normalized spacial score (nSPS) is 11.7. The van der Waals surface area contributed by atoms with Crippen LogP contribution in [0.3, 0.4) is 0 Å². The second kappa shape index (κ2) is 8.99. The van der Waals surface area contributed by atoms with Crippen molar-refractivity contribution in [2.24, 2.45) is 7.05 Å². The summed E-state index contributed by atoms with van der Waals surface area (Å²) in [6.07, 6.45) is 2.24. The van der Waals surface area contributed by atoms with Gasteiger partial charge in [0.05, 0.1) is 16.9 Å². The molecule has 9 nitrogen and oxygen atoms in total. The molecule has 0 saturated carbocycles. The number of benzene rings is 2. The molecule has 33 heavy (non-hydrogen) atoms. The molecule has 0 aliphatic carbocycles. The maximum Gasteiger partial charge on any atom is 0.338 e. The lowest BCUT2D eigenvalue weighted by Gasteiger charge is -2.13. The minimum atomic E-state index is -1.11. The quantitative estimate of drug-likeness (QED) is 0.443. The highest BCUT2D eigenvalue weighted by molar-refractivity contribution is 5.97. The van der Waals surface area contributed by atoms with E-state index in [0.717, 1.165) is 5.56 Å². The molecular formula is C24H23N5O4. The molecule has 1 unspecified atom stereocenters. The number of aromatic amines is 1. The lowest BCUT2D eigenvalue weighted by molar-refractivity contribution is -0.123. The molecule has 0 radical (unpaired) electrons. The summed E-state index contributed by atoms with van der Waals surface area (Å²) in [4.78, 5) is 45.3. The molecule has 0 aliphatic rings. The number of H-pyrrole nitrogens is 1. The number of carbonyl (C=O) groups excluding carboxylic acids is 2. The van der Waals surface area contributed by atoms with Gasteiger partial charge in [-0.25, -0.2) is 14.5 Å². The van der Waals surface area contributed by atoms with Crippen molar-refractivity contribution in [2.45, 2.75) is 20.0 Å². The van der Waals surface area contributed by atoms with E-state index in [2.05, 4.69) is 15.3 Å². The van der Waals surface area contributed by atoms with Crippen LogP contribution in [0.25, 0.3) is 17.1 Å². The fraction of sp³-hybridized carbons (Fsp3) is 0.167. The Labute approximate surface area is 189 Å². The maximum atomic E-state index is 13.0. The van der Waals surface area contributed by atoms with Gasteiger partial charge in [0, 0.05) is 25.0 Å². The van der Waals surface area contributed by atoms with Crippen molar-refractivity contribution in [1.82, 2.24) is 19.3 Å². The standard InChI is InChI=1S/C24H23N5O4/c1-15-20(23(31)29(28(15)3)19-7-5-4-6-8-19)27-22(30)16(2)33-24(32)18-11-9-17(10-12-18)21-25-13-14-26-21/h4-14,16H,1-3H3,(H,25,26)(H,27,30). The average Bonchev–Trinajstić information content (AvgIpc) is 3.43. The first kappa shape index (κ1) is 21.8. The van der Waals surface area contributed by atoms with E-state index < -0.39 is 18.0 Å². The highest BCUT2D eigenvalue weighted by atomic mass is 16.5. The number of hydrogen-bond acceptors (Lipinski definition) is 5. The lowest BCUT2D eigenvalue weighted by atomic mass is 10.1. The summed E-state index contributed by atoms with van der Waals surface area (Å²) in [5, 5.41) is 2.61. The number of nitrogens with zero attached hydrogens (tertiary/aromatic N) is 3. The van der Waals surface area contributed by atoms with Crippen LogP contribution in [0.1, 0.15) is 23.0 Å². The fourth-order valence-corrected chi connectivity index (χ4v) is 3.41. The van der Waals surface area contributed by atoms with Crippen LogP contribution in [0.15, 0.2) is 71.8 Å². The number of carbonyl (C=O) groups is 2. The molecule has 0 spiro atoms. The third-order valence-corrected chi connectivity index (χ3v) is 5.35. The van der Waals surface area contributed by atoms with Crippen molar-refractivity contribution < 1.29 is 14.3 Å². The summed E-state index contributed by atoms with van der Waals surface area (Å²) in [6.45, 7) is 3.19. The van der Waals surface area contributed by atoms with Gasteiger partial charge in [-0.1, -0.05) is 30.3 Å². The van der Waals surface area contributed by atoms with Crippen LogP contribution in [0, 0.1) is 6.92 Å². The van der Waals surface area contributed by atoms with Gasteiger partial charge in [0.15, 0.2) is 6.10 Å². The molecule has 2 N–H and O–H groups in total. The summed E-state index contributed by atoms with van der Waals surface area (Å²) in [5.41, 5.74) is 2.12. The van der Waals surface area contributed by atoms with Gasteiger partial charge in [-0.2, -0.15) is 0 Å². The van der Waals surface area contributed by atoms with Crippen LogP contribution >= 0.6 is 0 Å². The molecule has 0 bridgehead atoms. The molecule has 1 atom stereocenters. The zero-order chi connectivity index (χ0) is 23.5. The molecule has 168 valence electrons. The molecule has 2 aromatic heterocycles. The van der Waals surface area contributed by atoms with Gasteiger partial charge in [0.25, 0.3) is 11.5 Å². The van der Waals surface area contributed by atoms with Crippen LogP contribution in [0.5, 0.6) is 0 Å². The second-order valence-corrected chi connectivity index (χ2v) is 7.49. The van der Waals surface area contributed by atoms with Crippen LogP contribution in [0.2, 0.25) is 0 Å². The number of ether oxygens (including phenoxy) is 1. The van der Waals surface area contributed by atoms with Crippen molar-refractivity contribution in [3.8, 4) is 17.1 Å². The topological polar surface area (TPSA) is 111 Å². The van der Waals surface area contributed by atoms with E-state index >= 15 is 0 Å². The number of nitrogens with one attached hydrogen (secondary N) is 2. The zero-order valence-corrected chi connectivity index (χ0v) is 18.4. The van der Waals surface area contributed by atoms with E-state index in [4.69, 9.17) is 4.74 Å². The first-order valence-corrected chi connectivity index (χ1v) is 10.3. The Morgan fingerprint density at radius 2 is 1.79 bits per heavy atom. The predicted octanol–water partition coefficient (Wildman–Crippen LogP) is 3.06. The van der Waals surface area contributed by atoms with Crippen molar-refractivity contribution in [2.75, 3.05) is 5.32 Å². The van der Waals surface area contributed by atoms with Crippen molar-refractivity contribution >= 4 is 17.6 Å². The average molecular weight is 445 g/mol. The van der Waals surface area contributed by atoms with Gasteiger partial charge < -0.3 is 15.0 Å². The summed E-state index contributed by atoms with van der Waals surface area (Å²) in [5.74, 6) is -0.557. The molecule has 0 fully saturated rings. The molecule has 0 saturated heterocycles. The number of anilines is 1. The third kappa shape index (κ3) is 4.33. The summed E-state index contributed by atoms with van der Waals surface area (Å²) in [6, 6.07) is 15.8. The number of aromatic nitrogens is 4. The van der Waals surface area contributed by atoms with Crippen molar-refractivity contribution in [3.05, 3.63) is 88.6 Å². The van der Waals surface area contributed by atoms with Crippen molar-refractivity contribution in [1.29, 1.82) is 0 Å². The van der Waals surface area contributed by atoms with Crippen LogP contribution < -0.4 is 10.9 Å². The number of imidazole rings is 1. The Kier molecular flexibility index (Phi) is 5.95. The monoisotopic (exact) mass is 445 g/mol. The summed E-state index contributed by atoms with van der Waals surface area (Å²) in [7, 11) is 1.73. The first-order valence-electron chi connectivity index (χ1n) is 10.3. The van der Waals surface area contributed by atoms with E-state index in [1.807, 2.05) is 18.2 Å². The van der Waals surface area contributed by atoms with Gasteiger partial charge >= 0.3 is 5.97 Å². The molecule has 4 aromatic rings. The summed E-state index contributed by atoms with van der Waals surface area (Å²) >= 11 is 0. The number of hydrogen-bond donors (Lipinski definition) is 2. The van der Waals surface area contributed by atoms with Crippen LogP contribution in [-0.2, 0) is 16.6 Å². The Morgan fingerprint density at radius 1 is 1.09 bits per heavy atom. The first-order chi connectivity index (χ1) is 15.9. The van der Waals surface area contributed by atoms with Crippen molar-refractivity contribution in [3.63, 3.8) is 0 Å². The molecule has 2 heterocycles.